The van der Waals surface area contributed by atoms with Crippen LogP contribution in [-0.4, -0.2) is 23.4 Å². The first-order chi connectivity index (χ1) is 9.31. The van der Waals surface area contributed by atoms with Crippen molar-refractivity contribution in [3.8, 4) is 5.75 Å². The zero-order valence-electron chi connectivity index (χ0n) is 11.6. The van der Waals surface area contributed by atoms with Crippen LogP contribution in [0.5, 0.6) is 5.75 Å². The van der Waals surface area contributed by atoms with Gasteiger partial charge >= 0.3 is 0 Å². The molecule has 0 aromatic heterocycles. The molecule has 0 amide bonds. The molecule has 0 atom stereocenters. The second kappa shape index (κ2) is 7.59. The number of benzene rings is 1. The summed E-state index contributed by atoms with van der Waals surface area (Å²) in [5.41, 5.74) is 0.737. The molecule has 1 aromatic carbocycles. The average Bonchev–Trinajstić information content (AvgIpc) is 2.96. The van der Waals surface area contributed by atoms with Crippen LogP contribution in [0.4, 0.5) is 0 Å². The number of carbonyl (C=O) groups excluding carboxylic acids is 1. The third-order valence-corrected chi connectivity index (χ3v) is 4.77. The van der Waals surface area contributed by atoms with Gasteiger partial charge in [0.1, 0.15) is 5.75 Å². The van der Waals surface area contributed by atoms with Crippen molar-refractivity contribution in [2.45, 2.75) is 44.3 Å². The van der Waals surface area contributed by atoms with Gasteiger partial charge in [-0.3, -0.25) is 4.79 Å². The highest BCUT2D eigenvalue weighted by molar-refractivity contribution is 8.00. The van der Waals surface area contributed by atoms with Crippen molar-refractivity contribution in [2.75, 3.05) is 12.4 Å². The summed E-state index contributed by atoms with van der Waals surface area (Å²) in [6.07, 6.45) is 6.14. The molecule has 0 N–H and O–H groups in total. The van der Waals surface area contributed by atoms with E-state index in [4.69, 9.17) is 4.74 Å². The molecule has 3 heteroatoms. The van der Waals surface area contributed by atoms with Crippen molar-refractivity contribution in [3.63, 3.8) is 0 Å². The van der Waals surface area contributed by atoms with E-state index >= 15 is 0 Å². The van der Waals surface area contributed by atoms with E-state index in [9.17, 15) is 4.79 Å². The molecule has 1 aliphatic rings. The normalized spacial score (nSPS) is 15.6. The van der Waals surface area contributed by atoms with Gasteiger partial charge in [-0.05, 0) is 31.4 Å². The number of Topliss-reactive ketones (excluding diaryl/α,β-unsaturated/α-hetero) is 1. The summed E-state index contributed by atoms with van der Waals surface area (Å²) in [4.78, 5) is 12.3. The molecule has 0 bridgehead atoms. The molecule has 0 radical (unpaired) electrons. The Morgan fingerprint density at radius 3 is 2.79 bits per heavy atom. The maximum absolute atomic E-state index is 12.3. The summed E-state index contributed by atoms with van der Waals surface area (Å²) in [6, 6.07) is 7.60. The number of hydrogen-bond acceptors (Lipinski definition) is 3. The average molecular weight is 278 g/mol. The molecule has 0 spiro atoms. The number of para-hydroxylation sites is 1. The van der Waals surface area contributed by atoms with Gasteiger partial charge < -0.3 is 4.74 Å². The zero-order valence-corrected chi connectivity index (χ0v) is 12.4. The molecule has 104 valence electrons. The van der Waals surface area contributed by atoms with Crippen LogP contribution < -0.4 is 4.74 Å². The minimum Gasteiger partial charge on any atom is -0.493 e. The first kappa shape index (κ1) is 14.4. The fourth-order valence-electron chi connectivity index (χ4n) is 2.36. The molecule has 0 unspecified atom stereocenters. The fraction of sp³-hybridized carbons (Fsp3) is 0.562. The second-order valence-corrected chi connectivity index (χ2v) is 6.27. The number of hydrogen-bond donors (Lipinski definition) is 0. The van der Waals surface area contributed by atoms with Crippen molar-refractivity contribution in [3.05, 3.63) is 29.8 Å². The molecule has 1 saturated carbocycles. The Kier molecular flexibility index (Phi) is 5.77. The molecular weight excluding hydrogens is 256 g/mol. The molecule has 1 aliphatic carbocycles. The first-order valence-electron chi connectivity index (χ1n) is 7.18. The number of rotatable bonds is 7. The highest BCUT2D eigenvalue weighted by Gasteiger charge is 2.18. The standard InChI is InChI=1S/C16H22O2S/c1-2-11-18-16-10-6-5-9-14(16)15(17)12-19-13-7-3-4-8-13/h5-6,9-10,13H,2-4,7-8,11-12H2,1H3. The minimum atomic E-state index is 0.198. The second-order valence-electron chi connectivity index (χ2n) is 4.99. The van der Waals surface area contributed by atoms with E-state index in [1.165, 1.54) is 25.7 Å². The van der Waals surface area contributed by atoms with Gasteiger partial charge in [0, 0.05) is 5.25 Å². The highest BCUT2D eigenvalue weighted by Crippen LogP contribution is 2.30. The van der Waals surface area contributed by atoms with Crippen molar-refractivity contribution in [1.29, 1.82) is 0 Å². The monoisotopic (exact) mass is 278 g/mol. The Hall–Kier alpha value is -0.960. The van der Waals surface area contributed by atoms with Crippen LogP contribution in [0, 0.1) is 0 Å². The van der Waals surface area contributed by atoms with E-state index in [2.05, 4.69) is 6.92 Å². The number of ether oxygens (including phenoxy) is 1. The summed E-state index contributed by atoms with van der Waals surface area (Å²) in [5, 5.41) is 0.688. The van der Waals surface area contributed by atoms with Gasteiger partial charge in [-0.25, -0.2) is 0 Å². The summed E-state index contributed by atoms with van der Waals surface area (Å²) >= 11 is 1.81. The summed E-state index contributed by atoms with van der Waals surface area (Å²) in [5.74, 6) is 1.52. The molecule has 19 heavy (non-hydrogen) atoms. The smallest absolute Gasteiger partial charge is 0.176 e. The van der Waals surface area contributed by atoms with Gasteiger partial charge in [-0.2, -0.15) is 11.8 Å². The van der Waals surface area contributed by atoms with Crippen LogP contribution in [0.2, 0.25) is 0 Å². The number of ketones is 1. The summed E-state index contributed by atoms with van der Waals surface area (Å²) in [6.45, 7) is 2.74. The van der Waals surface area contributed by atoms with Crippen molar-refractivity contribution in [2.24, 2.45) is 0 Å². The van der Waals surface area contributed by atoms with Gasteiger partial charge in [0.05, 0.1) is 17.9 Å². The number of thioether (sulfide) groups is 1. The van der Waals surface area contributed by atoms with E-state index < -0.39 is 0 Å². The molecular formula is C16H22O2S. The fourth-order valence-corrected chi connectivity index (χ4v) is 3.57. The van der Waals surface area contributed by atoms with Crippen LogP contribution in [0.25, 0.3) is 0 Å². The topological polar surface area (TPSA) is 26.3 Å². The third-order valence-electron chi connectivity index (χ3n) is 3.40. The van der Waals surface area contributed by atoms with E-state index in [-0.39, 0.29) is 5.78 Å². The molecule has 2 rings (SSSR count). The van der Waals surface area contributed by atoms with Gasteiger partial charge in [-0.15, -0.1) is 0 Å². The van der Waals surface area contributed by atoms with Crippen LogP contribution in [-0.2, 0) is 0 Å². The Morgan fingerprint density at radius 1 is 1.32 bits per heavy atom. The van der Waals surface area contributed by atoms with Crippen molar-refractivity contribution in [1.82, 2.24) is 0 Å². The lowest BCUT2D eigenvalue weighted by molar-refractivity contribution is 0.101. The predicted molar refractivity (Wildman–Crippen MR) is 81.3 cm³/mol. The Morgan fingerprint density at radius 2 is 2.05 bits per heavy atom. The van der Waals surface area contributed by atoms with Crippen LogP contribution in [0.1, 0.15) is 49.4 Å². The summed E-state index contributed by atoms with van der Waals surface area (Å²) in [7, 11) is 0. The molecule has 1 fully saturated rings. The Balaban J connectivity index is 1.93. The highest BCUT2D eigenvalue weighted by atomic mass is 32.2. The van der Waals surface area contributed by atoms with Crippen molar-refractivity contribution < 1.29 is 9.53 Å². The largest absolute Gasteiger partial charge is 0.493 e. The van der Waals surface area contributed by atoms with Gasteiger partial charge in [0.2, 0.25) is 0 Å². The Bertz CT molecular complexity index is 411. The van der Waals surface area contributed by atoms with Crippen LogP contribution >= 0.6 is 11.8 Å². The molecule has 1 aromatic rings. The molecule has 0 saturated heterocycles. The van der Waals surface area contributed by atoms with Crippen LogP contribution in [0.15, 0.2) is 24.3 Å². The molecule has 2 nitrogen and oxygen atoms in total. The molecule has 0 aliphatic heterocycles. The van der Waals surface area contributed by atoms with Gasteiger partial charge in [0.25, 0.3) is 0 Å². The van der Waals surface area contributed by atoms with Crippen molar-refractivity contribution >= 4 is 17.5 Å². The minimum absolute atomic E-state index is 0.198. The lowest BCUT2D eigenvalue weighted by Gasteiger charge is -2.11. The SMILES string of the molecule is CCCOc1ccccc1C(=O)CSC1CCCC1. The number of carbonyl (C=O) groups is 1. The van der Waals surface area contributed by atoms with E-state index in [1.807, 2.05) is 36.0 Å². The summed E-state index contributed by atoms with van der Waals surface area (Å²) < 4.78 is 5.65. The molecule has 0 heterocycles. The zero-order chi connectivity index (χ0) is 13.5. The van der Waals surface area contributed by atoms with Gasteiger partial charge in [0.15, 0.2) is 5.78 Å². The van der Waals surface area contributed by atoms with E-state index in [0.29, 0.717) is 17.6 Å². The van der Waals surface area contributed by atoms with Gasteiger partial charge in [-0.1, -0.05) is 31.9 Å². The van der Waals surface area contributed by atoms with E-state index in [0.717, 1.165) is 17.7 Å². The lowest BCUT2D eigenvalue weighted by Crippen LogP contribution is -2.09. The van der Waals surface area contributed by atoms with E-state index in [1.54, 1.807) is 0 Å². The quantitative estimate of drug-likeness (QED) is 0.694. The first-order valence-corrected chi connectivity index (χ1v) is 8.22. The Labute approximate surface area is 119 Å². The predicted octanol–water partition coefficient (Wildman–Crippen LogP) is 4.33. The van der Waals surface area contributed by atoms with Crippen LogP contribution in [0.3, 0.4) is 0 Å². The maximum Gasteiger partial charge on any atom is 0.176 e. The third kappa shape index (κ3) is 4.27. The maximum atomic E-state index is 12.3. The lowest BCUT2D eigenvalue weighted by atomic mass is 10.1.